The molecule has 0 aliphatic carbocycles. The summed E-state index contributed by atoms with van der Waals surface area (Å²) in [7, 11) is 0. The quantitative estimate of drug-likeness (QED) is 0.839. The van der Waals surface area contributed by atoms with Crippen molar-refractivity contribution in [2.75, 3.05) is 26.3 Å². The van der Waals surface area contributed by atoms with Crippen molar-refractivity contribution < 1.29 is 14.1 Å². The molecule has 1 atom stereocenters. The summed E-state index contributed by atoms with van der Waals surface area (Å²) in [6.07, 6.45) is 7.26. The molecule has 0 aromatic carbocycles. The van der Waals surface area contributed by atoms with Crippen LogP contribution in [0.5, 0.6) is 0 Å². The van der Waals surface area contributed by atoms with Crippen molar-refractivity contribution in [3.05, 3.63) is 36.0 Å². The highest BCUT2D eigenvalue weighted by atomic mass is 16.5. The molecule has 0 saturated carbocycles. The van der Waals surface area contributed by atoms with Gasteiger partial charge in [0, 0.05) is 44.6 Å². The molecule has 0 spiro atoms. The number of hydrogen-bond acceptors (Lipinski definition) is 7. The second-order valence-corrected chi connectivity index (χ2v) is 6.20. The number of rotatable bonds is 3. The number of likely N-dealkylation sites (tertiary alicyclic amines) is 1. The molecule has 8 nitrogen and oxygen atoms in total. The van der Waals surface area contributed by atoms with E-state index in [0.717, 1.165) is 38.3 Å². The van der Waals surface area contributed by atoms with Crippen LogP contribution in [0.4, 0.5) is 0 Å². The van der Waals surface area contributed by atoms with Gasteiger partial charge in [-0.05, 0) is 19.3 Å². The second kappa shape index (κ2) is 6.64. The van der Waals surface area contributed by atoms with E-state index in [-0.39, 0.29) is 11.8 Å². The summed E-state index contributed by atoms with van der Waals surface area (Å²) >= 11 is 0. The predicted octanol–water partition coefficient (Wildman–Crippen LogP) is 1.38. The molecule has 0 bridgehead atoms. The largest absolute Gasteiger partial charge is 0.381 e. The SMILES string of the molecule is O=C(c1cnccn1)N1CCC(c2nc(C3CCOCC3)no2)C1. The lowest BCUT2D eigenvalue weighted by molar-refractivity contribution is 0.0783. The van der Waals surface area contributed by atoms with Crippen molar-refractivity contribution >= 4 is 5.91 Å². The average Bonchev–Trinajstić information content (AvgIpc) is 3.32. The van der Waals surface area contributed by atoms with Gasteiger partial charge in [0.2, 0.25) is 5.89 Å². The fraction of sp³-hybridized carbons (Fsp3) is 0.562. The van der Waals surface area contributed by atoms with Crippen LogP contribution >= 0.6 is 0 Å². The first-order valence-electron chi connectivity index (χ1n) is 8.28. The van der Waals surface area contributed by atoms with Gasteiger partial charge in [0.25, 0.3) is 5.91 Å². The van der Waals surface area contributed by atoms with E-state index in [2.05, 4.69) is 20.1 Å². The maximum absolute atomic E-state index is 12.4. The molecule has 4 rings (SSSR count). The minimum atomic E-state index is -0.102. The Kier molecular flexibility index (Phi) is 4.20. The molecular weight excluding hydrogens is 310 g/mol. The van der Waals surface area contributed by atoms with E-state index in [1.165, 1.54) is 12.4 Å². The molecule has 1 amide bonds. The van der Waals surface area contributed by atoms with Crippen molar-refractivity contribution in [3.63, 3.8) is 0 Å². The number of hydrogen-bond donors (Lipinski definition) is 0. The maximum atomic E-state index is 12.4. The number of aromatic nitrogens is 4. The molecule has 8 heteroatoms. The highest BCUT2D eigenvalue weighted by Crippen LogP contribution is 2.30. The second-order valence-electron chi connectivity index (χ2n) is 6.20. The monoisotopic (exact) mass is 329 g/mol. The Morgan fingerprint density at radius 3 is 2.83 bits per heavy atom. The molecular formula is C16H19N5O3. The lowest BCUT2D eigenvalue weighted by atomic mass is 10.00. The van der Waals surface area contributed by atoms with Crippen molar-refractivity contribution in [3.8, 4) is 0 Å². The van der Waals surface area contributed by atoms with Crippen molar-refractivity contribution in [1.82, 2.24) is 25.0 Å². The molecule has 126 valence electrons. The van der Waals surface area contributed by atoms with E-state index in [1.807, 2.05) is 0 Å². The Morgan fingerprint density at radius 1 is 1.17 bits per heavy atom. The van der Waals surface area contributed by atoms with Gasteiger partial charge in [-0.25, -0.2) is 4.98 Å². The van der Waals surface area contributed by atoms with Gasteiger partial charge in [0.1, 0.15) is 5.69 Å². The summed E-state index contributed by atoms with van der Waals surface area (Å²) in [5.74, 6) is 1.70. The molecule has 2 aliphatic rings. The van der Waals surface area contributed by atoms with Crippen LogP contribution in [0.3, 0.4) is 0 Å². The number of carbonyl (C=O) groups is 1. The third-order valence-electron chi connectivity index (χ3n) is 4.65. The van der Waals surface area contributed by atoms with Crippen LogP contribution in [0.25, 0.3) is 0 Å². The number of carbonyl (C=O) groups excluding carboxylic acids is 1. The fourth-order valence-electron chi connectivity index (χ4n) is 3.25. The van der Waals surface area contributed by atoms with Crippen LogP contribution in [0.2, 0.25) is 0 Å². The van der Waals surface area contributed by atoms with Crippen LogP contribution in [-0.2, 0) is 4.74 Å². The number of ether oxygens (including phenoxy) is 1. The zero-order chi connectivity index (χ0) is 16.4. The Balaban J connectivity index is 1.41. The highest BCUT2D eigenvalue weighted by Gasteiger charge is 2.33. The first-order chi connectivity index (χ1) is 11.8. The van der Waals surface area contributed by atoms with E-state index in [9.17, 15) is 4.79 Å². The normalized spacial score (nSPS) is 22.0. The van der Waals surface area contributed by atoms with Crippen LogP contribution < -0.4 is 0 Å². The van der Waals surface area contributed by atoms with Gasteiger partial charge in [-0.15, -0.1) is 0 Å². The van der Waals surface area contributed by atoms with Crippen LogP contribution in [0.15, 0.2) is 23.1 Å². The molecule has 1 unspecified atom stereocenters. The zero-order valence-electron chi connectivity index (χ0n) is 13.3. The first-order valence-corrected chi connectivity index (χ1v) is 8.28. The Hall–Kier alpha value is -2.35. The zero-order valence-corrected chi connectivity index (χ0v) is 13.3. The summed E-state index contributed by atoms with van der Waals surface area (Å²) in [5.41, 5.74) is 0.367. The summed E-state index contributed by atoms with van der Waals surface area (Å²) in [6.45, 7) is 2.73. The average molecular weight is 329 g/mol. The van der Waals surface area contributed by atoms with E-state index < -0.39 is 0 Å². The lowest BCUT2D eigenvalue weighted by Gasteiger charge is -2.18. The predicted molar refractivity (Wildman–Crippen MR) is 82.4 cm³/mol. The Morgan fingerprint density at radius 2 is 2.04 bits per heavy atom. The molecule has 2 aromatic rings. The van der Waals surface area contributed by atoms with Gasteiger partial charge >= 0.3 is 0 Å². The van der Waals surface area contributed by atoms with Crippen LogP contribution in [0.1, 0.15) is 53.3 Å². The first kappa shape index (κ1) is 15.2. The number of amides is 1. The third-order valence-corrected chi connectivity index (χ3v) is 4.65. The summed E-state index contributed by atoms with van der Waals surface area (Å²) in [4.78, 5) is 26.8. The highest BCUT2D eigenvalue weighted by molar-refractivity contribution is 5.92. The molecule has 2 aliphatic heterocycles. The summed E-state index contributed by atoms with van der Waals surface area (Å²) in [6, 6.07) is 0. The molecule has 0 N–H and O–H groups in total. The van der Waals surface area contributed by atoms with Gasteiger partial charge in [-0.3, -0.25) is 9.78 Å². The molecule has 2 aromatic heterocycles. The van der Waals surface area contributed by atoms with E-state index in [1.54, 1.807) is 11.1 Å². The maximum Gasteiger partial charge on any atom is 0.274 e. The fourth-order valence-corrected chi connectivity index (χ4v) is 3.25. The molecule has 0 radical (unpaired) electrons. The van der Waals surface area contributed by atoms with Crippen molar-refractivity contribution in [1.29, 1.82) is 0 Å². The third kappa shape index (κ3) is 3.01. The van der Waals surface area contributed by atoms with Gasteiger partial charge in [-0.2, -0.15) is 4.98 Å². The minimum absolute atomic E-state index is 0.0895. The summed E-state index contributed by atoms with van der Waals surface area (Å²) < 4.78 is 10.8. The van der Waals surface area contributed by atoms with Gasteiger partial charge < -0.3 is 14.2 Å². The van der Waals surface area contributed by atoms with Crippen molar-refractivity contribution in [2.24, 2.45) is 0 Å². The molecule has 2 saturated heterocycles. The smallest absolute Gasteiger partial charge is 0.274 e. The van der Waals surface area contributed by atoms with Crippen LogP contribution in [0, 0.1) is 0 Å². The topological polar surface area (TPSA) is 94.2 Å². The summed E-state index contributed by atoms with van der Waals surface area (Å²) in [5, 5.41) is 4.15. The molecule has 4 heterocycles. The van der Waals surface area contributed by atoms with Gasteiger partial charge in [0.15, 0.2) is 5.82 Å². The van der Waals surface area contributed by atoms with Crippen molar-refractivity contribution in [2.45, 2.75) is 31.1 Å². The van der Waals surface area contributed by atoms with Gasteiger partial charge in [0.05, 0.1) is 12.1 Å². The van der Waals surface area contributed by atoms with E-state index in [0.29, 0.717) is 30.6 Å². The number of nitrogens with zero attached hydrogens (tertiary/aromatic N) is 5. The van der Waals surface area contributed by atoms with E-state index >= 15 is 0 Å². The molecule has 24 heavy (non-hydrogen) atoms. The Bertz CT molecular complexity index is 699. The lowest BCUT2D eigenvalue weighted by Crippen LogP contribution is -2.29. The van der Waals surface area contributed by atoms with Crippen LogP contribution in [-0.4, -0.2) is 57.2 Å². The Labute approximate surface area is 139 Å². The van der Waals surface area contributed by atoms with E-state index in [4.69, 9.17) is 9.26 Å². The minimum Gasteiger partial charge on any atom is -0.381 e. The van der Waals surface area contributed by atoms with Gasteiger partial charge in [-0.1, -0.05) is 5.16 Å². The molecule has 2 fully saturated rings. The standard InChI is InChI=1S/C16H19N5O3/c22-16(13-9-17-4-5-18-13)21-6-1-12(10-21)15-19-14(20-24-15)11-2-7-23-8-3-11/h4-5,9,11-12H,1-3,6-8,10H2.